The molecule has 0 unspecified atom stereocenters. The van der Waals surface area contributed by atoms with Crippen LogP contribution in [0.2, 0.25) is 0 Å². The van der Waals surface area contributed by atoms with Crippen LogP contribution in [0, 0.1) is 19.3 Å². The van der Waals surface area contributed by atoms with Crippen LogP contribution >= 0.6 is 0 Å². The molecule has 0 saturated carbocycles. The highest BCUT2D eigenvalue weighted by molar-refractivity contribution is 5.85. The molecule has 2 aromatic carbocycles. The molecule has 36 heavy (non-hydrogen) atoms. The van der Waals surface area contributed by atoms with Crippen molar-refractivity contribution < 1.29 is 28.8 Å². The Hall–Kier alpha value is -2.70. The first kappa shape index (κ1) is 29.5. The number of aryl methyl sites for hydroxylation is 2. The maximum atomic E-state index is 12.3. The molecule has 0 N–H and O–H groups in total. The Morgan fingerprint density at radius 2 is 1.31 bits per heavy atom. The highest BCUT2D eigenvalue weighted by Gasteiger charge is 2.32. The Morgan fingerprint density at radius 1 is 0.806 bits per heavy atom. The van der Waals surface area contributed by atoms with E-state index in [-0.39, 0.29) is 43.2 Å². The number of carbonyl (C=O) groups excluding carboxylic acids is 2. The quantitative estimate of drug-likeness (QED) is 0.172. The second kappa shape index (κ2) is 13.0. The molecule has 0 amide bonds. The van der Waals surface area contributed by atoms with E-state index >= 15 is 0 Å². The molecule has 0 aliphatic carbocycles. The van der Waals surface area contributed by atoms with Crippen LogP contribution in [-0.4, -0.2) is 38.5 Å². The largest absolute Gasteiger partial charge is 0.486 e. The molecule has 198 valence electrons. The topological polar surface area (TPSA) is 71.1 Å². The maximum absolute atomic E-state index is 12.3. The average Bonchev–Trinajstić information content (AvgIpc) is 2.83. The molecule has 0 aliphatic rings. The summed E-state index contributed by atoms with van der Waals surface area (Å²) < 4.78 is 11.7. The monoisotopic (exact) mass is 498 g/mol. The fraction of sp³-hybridized carbons (Fsp3) is 0.533. The summed E-state index contributed by atoms with van der Waals surface area (Å²) >= 11 is 0. The molecule has 0 aliphatic heterocycles. The highest BCUT2D eigenvalue weighted by atomic mass is 17.2. The van der Waals surface area contributed by atoms with E-state index < -0.39 is 5.41 Å². The molecule has 0 saturated heterocycles. The van der Waals surface area contributed by atoms with E-state index in [9.17, 15) is 9.59 Å². The smallest absolute Gasteiger partial charge is 0.175 e. The zero-order chi connectivity index (χ0) is 26.9. The molecular formula is C30H42O6. The molecule has 0 aromatic heterocycles. The van der Waals surface area contributed by atoms with Gasteiger partial charge in [-0.05, 0) is 61.1 Å². The Balaban J connectivity index is 2.23. The summed E-state index contributed by atoms with van der Waals surface area (Å²) in [4.78, 5) is 33.6. The van der Waals surface area contributed by atoms with Gasteiger partial charge in [0.15, 0.2) is 11.6 Å². The second-order valence-corrected chi connectivity index (χ2v) is 10.3. The Kier molecular flexibility index (Phi) is 10.7. The van der Waals surface area contributed by atoms with E-state index in [4.69, 9.17) is 14.4 Å². The molecule has 0 bridgehead atoms. The summed E-state index contributed by atoms with van der Waals surface area (Å²) in [6.07, 6.45) is 2.08. The third-order valence-corrected chi connectivity index (χ3v) is 6.83. The number of ether oxygens (including phenoxy) is 2. The minimum Gasteiger partial charge on any atom is -0.486 e. The zero-order valence-corrected chi connectivity index (χ0v) is 23.2. The van der Waals surface area contributed by atoms with Crippen molar-refractivity contribution in [3.8, 4) is 11.5 Å². The number of Topliss-reactive ketones (excluding diaryl/α,β-unsaturated/α-hetero) is 2. The molecule has 0 spiro atoms. The van der Waals surface area contributed by atoms with Crippen LogP contribution in [0.15, 0.2) is 36.4 Å². The lowest BCUT2D eigenvalue weighted by atomic mass is 9.70. The Bertz CT molecular complexity index is 1030. The second-order valence-electron chi connectivity index (χ2n) is 10.3. The normalized spacial score (nSPS) is 11.9. The number of carbonyl (C=O) groups is 2. The fourth-order valence-electron chi connectivity index (χ4n) is 4.28. The first-order chi connectivity index (χ1) is 17.0. The summed E-state index contributed by atoms with van der Waals surface area (Å²) in [5.41, 5.74) is 3.80. The van der Waals surface area contributed by atoms with Crippen LogP contribution in [0.25, 0.3) is 0 Å². The number of hydrogen-bond donors (Lipinski definition) is 0. The molecule has 6 nitrogen and oxygen atoms in total. The molecule has 6 heteroatoms. The summed E-state index contributed by atoms with van der Waals surface area (Å²) in [6.45, 7) is 14.4. The SMILES string of the molecule is CCC(CC)(c1ccc(OCC(=O)CCOOC)c(C)c1)c1ccc(OCC(=O)C(C)(C)C)c(C)c1. The van der Waals surface area contributed by atoms with E-state index in [1.807, 2.05) is 46.8 Å². The van der Waals surface area contributed by atoms with Gasteiger partial charge in [-0.15, -0.1) is 0 Å². The van der Waals surface area contributed by atoms with Crippen molar-refractivity contribution >= 4 is 11.6 Å². The molecule has 0 fully saturated rings. The number of rotatable bonds is 14. The summed E-state index contributed by atoms with van der Waals surface area (Å²) in [6, 6.07) is 12.5. The minimum absolute atomic E-state index is 0.00165. The molecule has 0 radical (unpaired) electrons. The van der Waals surface area contributed by atoms with Crippen molar-refractivity contribution in [2.24, 2.45) is 5.41 Å². The molecule has 0 atom stereocenters. The Labute approximate surface area is 216 Å². The zero-order valence-electron chi connectivity index (χ0n) is 23.2. The number of benzene rings is 2. The minimum atomic E-state index is -0.424. The van der Waals surface area contributed by atoms with Crippen LogP contribution in [0.4, 0.5) is 0 Å². The van der Waals surface area contributed by atoms with Crippen LogP contribution in [0.3, 0.4) is 0 Å². The van der Waals surface area contributed by atoms with Gasteiger partial charge in [-0.2, -0.15) is 0 Å². The van der Waals surface area contributed by atoms with Gasteiger partial charge >= 0.3 is 0 Å². The van der Waals surface area contributed by atoms with Crippen LogP contribution in [-0.2, 0) is 24.8 Å². The van der Waals surface area contributed by atoms with E-state index in [0.717, 1.165) is 29.7 Å². The van der Waals surface area contributed by atoms with E-state index in [2.05, 4.69) is 43.0 Å². The lowest BCUT2D eigenvalue weighted by Crippen LogP contribution is -2.27. The van der Waals surface area contributed by atoms with Gasteiger partial charge in [-0.3, -0.25) is 9.59 Å². The van der Waals surface area contributed by atoms with E-state index in [1.165, 1.54) is 18.2 Å². The molecule has 2 rings (SSSR count). The van der Waals surface area contributed by atoms with Gasteiger partial charge in [0.05, 0.1) is 13.7 Å². The van der Waals surface area contributed by atoms with Gasteiger partial charge in [0.1, 0.15) is 24.7 Å². The van der Waals surface area contributed by atoms with Crippen molar-refractivity contribution in [2.75, 3.05) is 26.9 Å². The van der Waals surface area contributed by atoms with Gasteiger partial charge < -0.3 is 9.47 Å². The summed E-state index contributed by atoms with van der Waals surface area (Å²) in [7, 11) is 1.41. The standard InChI is InChI=1S/C30H42O6/c1-9-30(10-2,24-12-14-27(22(4)18-24)35-20-28(32)29(5,6)7)23-11-13-26(21(3)17-23)34-19-25(31)15-16-36-33-8/h11-14,17-18H,9-10,15-16,19-20H2,1-8H3. The van der Waals surface area contributed by atoms with E-state index in [1.54, 1.807) is 0 Å². The van der Waals surface area contributed by atoms with Gasteiger partial charge in [0.2, 0.25) is 0 Å². The maximum Gasteiger partial charge on any atom is 0.175 e. The predicted molar refractivity (Wildman–Crippen MR) is 142 cm³/mol. The lowest BCUT2D eigenvalue weighted by Gasteiger charge is -2.34. The van der Waals surface area contributed by atoms with Crippen LogP contribution in [0.1, 0.15) is 76.1 Å². The van der Waals surface area contributed by atoms with Gasteiger partial charge in [-0.1, -0.05) is 58.9 Å². The van der Waals surface area contributed by atoms with Crippen molar-refractivity contribution in [2.45, 2.75) is 73.1 Å². The van der Waals surface area contributed by atoms with Crippen LogP contribution in [0.5, 0.6) is 11.5 Å². The first-order valence-corrected chi connectivity index (χ1v) is 12.7. The predicted octanol–water partition coefficient (Wildman–Crippen LogP) is 6.32. The van der Waals surface area contributed by atoms with Gasteiger partial charge in [0.25, 0.3) is 0 Å². The van der Waals surface area contributed by atoms with Crippen LogP contribution < -0.4 is 9.47 Å². The summed E-state index contributed by atoms with van der Waals surface area (Å²) in [5.74, 6) is 1.46. The molecule has 2 aromatic rings. The fourth-order valence-corrected chi connectivity index (χ4v) is 4.28. The summed E-state index contributed by atoms with van der Waals surface area (Å²) in [5, 5.41) is 0. The highest BCUT2D eigenvalue weighted by Crippen LogP contribution is 2.41. The van der Waals surface area contributed by atoms with E-state index in [0.29, 0.717) is 5.75 Å². The lowest BCUT2D eigenvalue weighted by molar-refractivity contribution is -0.271. The Morgan fingerprint density at radius 3 is 1.72 bits per heavy atom. The third kappa shape index (κ3) is 7.40. The van der Waals surface area contributed by atoms with Crippen molar-refractivity contribution in [1.29, 1.82) is 0 Å². The van der Waals surface area contributed by atoms with Crippen molar-refractivity contribution in [3.05, 3.63) is 58.7 Å². The molecular weight excluding hydrogens is 456 g/mol. The van der Waals surface area contributed by atoms with Gasteiger partial charge in [0, 0.05) is 17.3 Å². The number of hydrogen-bond acceptors (Lipinski definition) is 6. The van der Waals surface area contributed by atoms with Crippen molar-refractivity contribution in [1.82, 2.24) is 0 Å². The average molecular weight is 499 g/mol. The molecule has 0 heterocycles. The van der Waals surface area contributed by atoms with Crippen molar-refractivity contribution in [3.63, 3.8) is 0 Å². The number of ketones is 2. The van der Waals surface area contributed by atoms with Gasteiger partial charge in [-0.25, -0.2) is 9.78 Å². The first-order valence-electron chi connectivity index (χ1n) is 12.7. The third-order valence-electron chi connectivity index (χ3n) is 6.83.